The van der Waals surface area contributed by atoms with Crippen LogP contribution in [0.5, 0.6) is 0 Å². The number of amides is 2. The van der Waals surface area contributed by atoms with Gasteiger partial charge < -0.3 is 10.6 Å². The molecule has 0 aliphatic heterocycles. The molecule has 1 fully saturated rings. The van der Waals surface area contributed by atoms with Crippen molar-refractivity contribution in [2.45, 2.75) is 58.4 Å². The Kier molecular flexibility index (Phi) is 6.01. The predicted octanol–water partition coefficient (Wildman–Crippen LogP) is 1.60. The molecule has 4 nitrogen and oxygen atoms in total. The van der Waals surface area contributed by atoms with Crippen LogP contribution >= 0.6 is 0 Å². The van der Waals surface area contributed by atoms with Crippen molar-refractivity contribution in [2.75, 3.05) is 6.54 Å². The van der Waals surface area contributed by atoms with Gasteiger partial charge in [-0.05, 0) is 25.2 Å². The zero-order valence-electron chi connectivity index (χ0n) is 10.9. The maximum Gasteiger partial charge on any atom is 0.242 e. The molecule has 0 aromatic rings. The first kappa shape index (κ1) is 14.0. The molecule has 0 radical (unpaired) electrons. The highest BCUT2D eigenvalue weighted by Crippen LogP contribution is 2.27. The van der Waals surface area contributed by atoms with Gasteiger partial charge in [-0.3, -0.25) is 9.59 Å². The minimum Gasteiger partial charge on any atom is -0.354 e. The average molecular weight is 240 g/mol. The molecule has 1 unspecified atom stereocenters. The molecule has 0 aromatic carbocycles. The van der Waals surface area contributed by atoms with Gasteiger partial charge in [0.15, 0.2) is 0 Å². The van der Waals surface area contributed by atoms with Crippen molar-refractivity contribution < 1.29 is 9.59 Å². The maximum absolute atomic E-state index is 12.0. The summed E-state index contributed by atoms with van der Waals surface area (Å²) in [5.41, 5.74) is 0. The van der Waals surface area contributed by atoms with Gasteiger partial charge >= 0.3 is 0 Å². The van der Waals surface area contributed by atoms with Gasteiger partial charge in [-0.2, -0.15) is 0 Å². The Bertz CT molecular complexity index is 260. The zero-order chi connectivity index (χ0) is 12.7. The molecule has 4 heteroatoms. The van der Waals surface area contributed by atoms with Crippen molar-refractivity contribution in [3.8, 4) is 0 Å². The van der Waals surface area contributed by atoms with E-state index in [1.165, 1.54) is 19.8 Å². The highest BCUT2D eigenvalue weighted by Gasteiger charge is 2.30. The molecule has 1 rings (SSSR count). The number of nitrogens with one attached hydrogen (secondary N) is 2. The van der Waals surface area contributed by atoms with E-state index in [0.29, 0.717) is 12.5 Å². The van der Waals surface area contributed by atoms with E-state index in [1.807, 2.05) is 0 Å². The molecule has 2 N–H and O–H groups in total. The number of hydrogen-bond acceptors (Lipinski definition) is 2. The van der Waals surface area contributed by atoms with Gasteiger partial charge in [0, 0.05) is 13.5 Å². The molecule has 1 aliphatic carbocycles. The number of rotatable bonds is 6. The second kappa shape index (κ2) is 7.30. The normalized spacial score (nSPS) is 17.8. The summed E-state index contributed by atoms with van der Waals surface area (Å²) >= 11 is 0. The lowest BCUT2D eigenvalue weighted by molar-refractivity contribution is -0.129. The fourth-order valence-electron chi connectivity index (χ4n) is 2.41. The topological polar surface area (TPSA) is 58.2 Å². The molecule has 1 saturated carbocycles. The van der Waals surface area contributed by atoms with Crippen molar-refractivity contribution in [1.82, 2.24) is 10.6 Å². The standard InChI is InChI=1S/C13H24N2O2/c1-3-4-9-14-13(17)12(15-10(2)16)11-7-5-6-8-11/h11-12H,3-9H2,1-2H3,(H,14,17)(H,15,16). The van der Waals surface area contributed by atoms with E-state index in [1.54, 1.807) is 0 Å². The Hall–Kier alpha value is -1.06. The van der Waals surface area contributed by atoms with Gasteiger partial charge in [-0.1, -0.05) is 26.2 Å². The zero-order valence-corrected chi connectivity index (χ0v) is 10.9. The molecule has 0 heterocycles. The first-order valence-corrected chi connectivity index (χ1v) is 6.70. The summed E-state index contributed by atoms with van der Waals surface area (Å²) in [4.78, 5) is 23.2. The number of hydrogen-bond donors (Lipinski definition) is 2. The van der Waals surface area contributed by atoms with Crippen LogP contribution in [0.1, 0.15) is 52.4 Å². The van der Waals surface area contributed by atoms with Crippen LogP contribution in [0.15, 0.2) is 0 Å². The lowest BCUT2D eigenvalue weighted by atomic mass is 9.97. The third-order valence-electron chi connectivity index (χ3n) is 3.34. The van der Waals surface area contributed by atoms with Gasteiger partial charge in [0.05, 0.1) is 0 Å². The fourth-order valence-corrected chi connectivity index (χ4v) is 2.41. The Morgan fingerprint density at radius 2 is 1.94 bits per heavy atom. The van der Waals surface area contributed by atoms with E-state index in [4.69, 9.17) is 0 Å². The van der Waals surface area contributed by atoms with Crippen LogP contribution in [0.4, 0.5) is 0 Å². The summed E-state index contributed by atoms with van der Waals surface area (Å²) in [5, 5.41) is 5.71. The van der Waals surface area contributed by atoms with Gasteiger partial charge in [0.25, 0.3) is 0 Å². The number of carbonyl (C=O) groups excluding carboxylic acids is 2. The third-order valence-corrected chi connectivity index (χ3v) is 3.34. The Morgan fingerprint density at radius 3 is 2.47 bits per heavy atom. The monoisotopic (exact) mass is 240 g/mol. The molecule has 1 atom stereocenters. The predicted molar refractivity (Wildman–Crippen MR) is 67.5 cm³/mol. The Morgan fingerprint density at radius 1 is 1.29 bits per heavy atom. The van der Waals surface area contributed by atoms with E-state index >= 15 is 0 Å². The van der Waals surface area contributed by atoms with Crippen molar-refractivity contribution in [3.63, 3.8) is 0 Å². The van der Waals surface area contributed by atoms with Crippen LogP contribution in [0.25, 0.3) is 0 Å². The minimum atomic E-state index is -0.327. The third kappa shape index (κ3) is 4.75. The fraction of sp³-hybridized carbons (Fsp3) is 0.846. The van der Waals surface area contributed by atoms with Gasteiger partial charge in [-0.25, -0.2) is 0 Å². The van der Waals surface area contributed by atoms with Crippen molar-refractivity contribution in [3.05, 3.63) is 0 Å². The van der Waals surface area contributed by atoms with Crippen LogP contribution in [-0.2, 0) is 9.59 Å². The average Bonchev–Trinajstić information content (AvgIpc) is 2.79. The van der Waals surface area contributed by atoms with Gasteiger partial charge in [-0.15, -0.1) is 0 Å². The second-order valence-electron chi connectivity index (χ2n) is 4.87. The highest BCUT2D eigenvalue weighted by molar-refractivity contribution is 5.87. The Balaban J connectivity index is 2.48. The molecule has 0 aromatic heterocycles. The van der Waals surface area contributed by atoms with Gasteiger partial charge in [0.1, 0.15) is 6.04 Å². The summed E-state index contributed by atoms with van der Waals surface area (Å²) in [5.74, 6) is 0.189. The van der Waals surface area contributed by atoms with Crippen LogP contribution in [0.3, 0.4) is 0 Å². The van der Waals surface area contributed by atoms with Crippen LogP contribution < -0.4 is 10.6 Å². The quantitative estimate of drug-likeness (QED) is 0.693. The maximum atomic E-state index is 12.0. The molecule has 2 amide bonds. The van der Waals surface area contributed by atoms with E-state index < -0.39 is 0 Å². The van der Waals surface area contributed by atoms with Crippen LogP contribution in [0.2, 0.25) is 0 Å². The SMILES string of the molecule is CCCCNC(=O)C(NC(C)=O)C1CCCC1. The van der Waals surface area contributed by atoms with Crippen LogP contribution in [-0.4, -0.2) is 24.4 Å². The molecule has 0 saturated heterocycles. The first-order chi connectivity index (χ1) is 8.15. The molecular formula is C13H24N2O2. The van der Waals surface area contributed by atoms with Crippen molar-refractivity contribution in [1.29, 1.82) is 0 Å². The molecule has 0 spiro atoms. The molecular weight excluding hydrogens is 216 g/mol. The number of carbonyl (C=O) groups is 2. The van der Waals surface area contributed by atoms with E-state index in [9.17, 15) is 9.59 Å². The lowest BCUT2D eigenvalue weighted by Gasteiger charge is -2.23. The molecule has 98 valence electrons. The molecule has 17 heavy (non-hydrogen) atoms. The van der Waals surface area contributed by atoms with E-state index in [2.05, 4.69) is 17.6 Å². The number of unbranched alkanes of at least 4 members (excludes halogenated alkanes) is 1. The summed E-state index contributed by atoms with van der Waals surface area (Å²) in [6.45, 7) is 4.27. The smallest absolute Gasteiger partial charge is 0.242 e. The summed E-state index contributed by atoms with van der Waals surface area (Å²) in [7, 11) is 0. The van der Waals surface area contributed by atoms with Crippen LogP contribution in [0, 0.1) is 5.92 Å². The minimum absolute atomic E-state index is 0.0134. The molecule has 0 bridgehead atoms. The molecule has 1 aliphatic rings. The summed E-state index contributed by atoms with van der Waals surface area (Å²) in [6, 6.07) is -0.327. The lowest BCUT2D eigenvalue weighted by Crippen LogP contribution is -2.50. The summed E-state index contributed by atoms with van der Waals surface area (Å²) < 4.78 is 0. The van der Waals surface area contributed by atoms with Crippen molar-refractivity contribution >= 4 is 11.8 Å². The van der Waals surface area contributed by atoms with Gasteiger partial charge in [0.2, 0.25) is 11.8 Å². The Labute approximate surface area is 104 Å². The largest absolute Gasteiger partial charge is 0.354 e. The van der Waals surface area contributed by atoms with E-state index in [0.717, 1.165) is 25.7 Å². The first-order valence-electron chi connectivity index (χ1n) is 6.70. The highest BCUT2D eigenvalue weighted by atomic mass is 16.2. The second-order valence-corrected chi connectivity index (χ2v) is 4.87. The van der Waals surface area contributed by atoms with Crippen molar-refractivity contribution in [2.24, 2.45) is 5.92 Å². The van der Waals surface area contributed by atoms with E-state index in [-0.39, 0.29) is 17.9 Å². The summed E-state index contributed by atoms with van der Waals surface area (Å²) in [6.07, 6.45) is 6.49.